The Kier molecular flexibility index (Phi) is 5.25. The van der Waals surface area contributed by atoms with Crippen LogP contribution in [-0.4, -0.2) is 46.7 Å². The normalized spacial score (nSPS) is 20.6. The van der Waals surface area contributed by atoms with Crippen LogP contribution in [0.25, 0.3) is 6.08 Å². The second kappa shape index (κ2) is 8.47. The highest BCUT2D eigenvalue weighted by molar-refractivity contribution is 7.17. The Hall–Kier alpha value is -4.56. The van der Waals surface area contributed by atoms with Gasteiger partial charge in [0.15, 0.2) is 0 Å². The van der Waals surface area contributed by atoms with Crippen molar-refractivity contribution in [1.29, 1.82) is 0 Å². The summed E-state index contributed by atoms with van der Waals surface area (Å²) in [5.74, 6) is -1.20. The van der Waals surface area contributed by atoms with Crippen LogP contribution in [0.4, 0.5) is 21.2 Å². The molecule has 8 heteroatoms. The molecule has 204 valence electrons. The number of hydrogen-bond acceptors (Lipinski definition) is 6. The van der Waals surface area contributed by atoms with Crippen molar-refractivity contribution < 1.29 is 14.4 Å². The number of anilines is 3. The Morgan fingerprint density at radius 1 is 0.805 bits per heavy atom. The molecule has 0 N–H and O–H groups in total. The van der Waals surface area contributed by atoms with E-state index in [2.05, 4.69) is 85.3 Å². The van der Waals surface area contributed by atoms with Gasteiger partial charge in [-0.3, -0.25) is 24.4 Å². The Balaban J connectivity index is 1.53. The van der Waals surface area contributed by atoms with Gasteiger partial charge in [0.2, 0.25) is 0 Å². The van der Waals surface area contributed by atoms with E-state index in [4.69, 9.17) is 0 Å². The number of nitrogens with zero attached hydrogens (tertiary/aromatic N) is 4. The summed E-state index contributed by atoms with van der Waals surface area (Å²) in [6.45, 7) is 6.77. The minimum Gasteiger partial charge on any atom is -0.301 e. The van der Waals surface area contributed by atoms with Crippen molar-refractivity contribution in [2.45, 2.75) is 31.6 Å². The van der Waals surface area contributed by atoms with Gasteiger partial charge in [-0.15, -0.1) is 11.3 Å². The number of rotatable bonds is 2. The smallest absolute Gasteiger partial charge is 0.301 e. The zero-order valence-corrected chi connectivity index (χ0v) is 24.2. The molecule has 0 saturated carbocycles. The fraction of sp³-hybridized carbons (Fsp3) is 0.212. The highest BCUT2D eigenvalue weighted by Crippen LogP contribution is 2.63. The van der Waals surface area contributed by atoms with Gasteiger partial charge < -0.3 is 4.90 Å². The van der Waals surface area contributed by atoms with E-state index in [9.17, 15) is 14.4 Å². The van der Waals surface area contributed by atoms with Gasteiger partial charge in [-0.2, -0.15) is 0 Å². The SMILES string of the molecule is CN1C(=O)C(=Cc2cc3c(s2)N2c4ccccc4C(C)(C)c4cccc(c42)C3(C)c2cccnc2)C(=O)N(C)C1=O. The molecule has 5 heterocycles. The summed E-state index contributed by atoms with van der Waals surface area (Å²) < 4.78 is 0. The highest BCUT2D eigenvalue weighted by Gasteiger charge is 2.49. The first-order valence-electron chi connectivity index (χ1n) is 13.5. The predicted octanol–water partition coefficient (Wildman–Crippen LogP) is 6.35. The second-order valence-electron chi connectivity index (χ2n) is 11.5. The summed E-state index contributed by atoms with van der Waals surface area (Å²) in [6, 6.07) is 20.6. The molecule has 41 heavy (non-hydrogen) atoms. The number of likely N-dealkylation sites (N-methyl/N-ethyl adjacent to an activating group) is 2. The molecule has 7 rings (SSSR count). The fourth-order valence-electron chi connectivity index (χ4n) is 6.59. The van der Waals surface area contributed by atoms with E-state index in [0.717, 1.165) is 42.2 Å². The summed E-state index contributed by atoms with van der Waals surface area (Å²) in [6.07, 6.45) is 5.32. The molecule has 4 amide bonds. The minimum atomic E-state index is -0.637. The van der Waals surface area contributed by atoms with E-state index in [1.54, 1.807) is 12.3 Å². The van der Waals surface area contributed by atoms with Gasteiger partial charge in [-0.05, 0) is 53.5 Å². The minimum absolute atomic E-state index is 0.0327. The monoisotopic (exact) mass is 560 g/mol. The molecule has 4 aromatic rings. The summed E-state index contributed by atoms with van der Waals surface area (Å²) in [4.78, 5) is 48.0. The first kappa shape index (κ1) is 25.4. The molecule has 1 atom stereocenters. The quantitative estimate of drug-likeness (QED) is 0.211. The molecule has 1 unspecified atom stereocenters. The van der Waals surface area contributed by atoms with Gasteiger partial charge in [0.1, 0.15) is 10.6 Å². The van der Waals surface area contributed by atoms with Gasteiger partial charge in [0, 0.05) is 47.8 Å². The third-order valence-corrected chi connectivity index (χ3v) is 10.00. The molecule has 1 fully saturated rings. The van der Waals surface area contributed by atoms with E-state index in [-0.39, 0.29) is 11.0 Å². The maximum absolute atomic E-state index is 13.1. The molecule has 2 aromatic heterocycles. The molecule has 3 aliphatic rings. The zero-order valence-electron chi connectivity index (χ0n) is 23.4. The largest absolute Gasteiger partial charge is 0.333 e. The molecule has 0 radical (unpaired) electrons. The van der Waals surface area contributed by atoms with Crippen LogP contribution in [0.3, 0.4) is 0 Å². The Labute approximate surface area is 242 Å². The van der Waals surface area contributed by atoms with Crippen LogP contribution < -0.4 is 4.90 Å². The van der Waals surface area contributed by atoms with Crippen molar-refractivity contribution in [3.8, 4) is 0 Å². The summed E-state index contributed by atoms with van der Waals surface area (Å²) in [5.41, 5.74) is 7.22. The first-order valence-corrected chi connectivity index (χ1v) is 14.3. The van der Waals surface area contributed by atoms with Gasteiger partial charge in [0.05, 0.1) is 11.4 Å². The lowest BCUT2D eigenvalue weighted by atomic mass is 9.65. The van der Waals surface area contributed by atoms with E-state index in [1.807, 2.05) is 12.3 Å². The van der Waals surface area contributed by atoms with Crippen molar-refractivity contribution in [2.75, 3.05) is 19.0 Å². The lowest BCUT2D eigenvalue weighted by Gasteiger charge is -2.49. The van der Waals surface area contributed by atoms with Crippen LogP contribution in [0.2, 0.25) is 0 Å². The fourth-order valence-corrected chi connectivity index (χ4v) is 7.82. The average molecular weight is 561 g/mol. The van der Waals surface area contributed by atoms with Crippen molar-refractivity contribution in [1.82, 2.24) is 14.8 Å². The zero-order chi connectivity index (χ0) is 28.8. The number of carbonyl (C=O) groups excluding carboxylic acids is 3. The number of urea groups is 1. The lowest BCUT2D eigenvalue weighted by molar-refractivity contribution is -0.134. The van der Waals surface area contributed by atoms with Gasteiger partial charge in [0.25, 0.3) is 11.8 Å². The Morgan fingerprint density at radius 3 is 2.20 bits per heavy atom. The van der Waals surface area contributed by atoms with Gasteiger partial charge in [-0.25, -0.2) is 4.79 Å². The first-order chi connectivity index (χ1) is 19.6. The van der Waals surface area contributed by atoms with Crippen LogP contribution in [0, 0.1) is 0 Å². The van der Waals surface area contributed by atoms with Crippen LogP contribution in [0.15, 0.2) is 78.6 Å². The number of imide groups is 2. The van der Waals surface area contributed by atoms with E-state index in [1.165, 1.54) is 42.1 Å². The number of hydrogen-bond donors (Lipinski definition) is 0. The maximum atomic E-state index is 13.1. The number of fused-ring (bicyclic) bond motifs is 4. The lowest BCUT2D eigenvalue weighted by Crippen LogP contribution is -2.52. The summed E-state index contributed by atoms with van der Waals surface area (Å²) >= 11 is 1.54. The number of pyridine rings is 1. The van der Waals surface area contributed by atoms with Crippen molar-refractivity contribution >= 4 is 51.6 Å². The van der Waals surface area contributed by atoms with Crippen LogP contribution >= 0.6 is 11.3 Å². The second-order valence-corrected chi connectivity index (χ2v) is 12.5. The number of para-hydroxylation sites is 2. The molecule has 0 spiro atoms. The van der Waals surface area contributed by atoms with Gasteiger partial charge >= 0.3 is 6.03 Å². The van der Waals surface area contributed by atoms with Crippen molar-refractivity contribution in [3.05, 3.63) is 111 Å². The van der Waals surface area contributed by atoms with Crippen LogP contribution in [-0.2, 0) is 20.4 Å². The Bertz CT molecular complexity index is 1810. The van der Waals surface area contributed by atoms with Crippen molar-refractivity contribution in [2.24, 2.45) is 0 Å². The Morgan fingerprint density at radius 2 is 1.49 bits per heavy atom. The molecular formula is C33H28N4O3S. The summed E-state index contributed by atoms with van der Waals surface area (Å²) in [7, 11) is 2.79. The molecule has 1 saturated heterocycles. The molecule has 3 aliphatic heterocycles. The average Bonchev–Trinajstić information content (AvgIpc) is 3.42. The third kappa shape index (κ3) is 3.25. The molecular weight excluding hydrogens is 532 g/mol. The standard InChI is InChI=1S/C33H28N4O3S/c1-32(2)22-11-6-7-14-26(22)37-27-23(32)12-8-13-24(27)33(3,19-10-9-15-34-18-19)25-17-20(41-30(25)37)16-21-28(38)35(4)31(40)36(5)29(21)39/h6-18H,1-5H3. The van der Waals surface area contributed by atoms with Gasteiger partial charge in [-0.1, -0.05) is 56.3 Å². The third-order valence-electron chi connectivity index (χ3n) is 8.93. The number of amides is 4. The number of carbonyl (C=O) groups is 3. The molecule has 0 aliphatic carbocycles. The van der Waals surface area contributed by atoms with E-state index >= 15 is 0 Å². The predicted molar refractivity (Wildman–Crippen MR) is 160 cm³/mol. The topological polar surface area (TPSA) is 73.8 Å². The number of thiophene rings is 1. The molecule has 0 bridgehead atoms. The molecule has 7 nitrogen and oxygen atoms in total. The van der Waals surface area contributed by atoms with Crippen LogP contribution in [0.1, 0.15) is 53.5 Å². The van der Waals surface area contributed by atoms with Crippen molar-refractivity contribution in [3.63, 3.8) is 0 Å². The maximum Gasteiger partial charge on any atom is 0.333 e. The number of benzene rings is 2. The van der Waals surface area contributed by atoms with E-state index < -0.39 is 23.3 Å². The number of aromatic nitrogens is 1. The van der Waals surface area contributed by atoms with E-state index in [0.29, 0.717) is 0 Å². The molecule has 2 aromatic carbocycles. The highest BCUT2D eigenvalue weighted by atomic mass is 32.1. The van der Waals surface area contributed by atoms with Crippen LogP contribution in [0.5, 0.6) is 0 Å². The summed E-state index contributed by atoms with van der Waals surface area (Å²) in [5, 5.41) is 1.03. The number of barbiturate groups is 1.